The molecule has 4 aliphatic carbocycles. The molecule has 6 rings (SSSR count). The van der Waals surface area contributed by atoms with Gasteiger partial charge in [-0.25, -0.2) is 9.98 Å². The maximum absolute atomic E-state index is 5.73. The quantitative estimate of drug-likeness (QED) is 0.208. The van der Waals surface area contributed by atoms with Crippen molar-refractivity contribution < 1.29 is 63.1 Å². The zero-order valence-corrected chi connectivity index (χ0v) is 34.9. The van der Waals surface area contributed by atoms with Crippen LogP contribution in [0.5, 0.6) is 0 Å². The molecule has 0 N–H and O–H groups in total. The number of aliphatic imine (C=N–C) groups is 2. The third-order valence-electron chi connectivity index (χ3n) is 9.38. The molecule has 2 heterocycles. The van der Waals surface area contributed by atoms with Crippen molar-refractivity contribution in [1.82, 2.24) is 0 Å². The maximum Gasteiger partial charge on any atom is 2.00 e. The molecule has 9 heteroatoms. The van der Waals surface area contributed by atoms with Crippen LogP contribution >= 0.6 is 0 Å². The van der Waals surface area contributed by atoms with Crippen molar-refractivity contribution in [3.05, 3.63) is 0 Å². The van der Waals surface area contributed by atoms with E-state index in [1.165, 1.54) is 89.9 Å². The summed E-state index contributed by atoms with van der Waals surface area (Å²) in [5.41, 5.74) is 0.411. The first-order valence-electron chi connectivity index (χ1n) is 16.7. The largest absolute Gasteiger partial charge is 2.00 e. The minimum absolute atomic E-state index is 0. The van der Waals surface area contributed by atoms with Gasteiger partial charge in [0.25, 0.3) is 0 Å². The average molecular weight is 770 g/mol. The average Bonchev–Trinajstić information content (AvgIpc) is 3.73. The molecule has 6 aliphatic rings. The monoisotopic (exact) mass is 768 g/mol. The Kier molecular flexibility index (Phi) is 22.7. The molecule has 0 radical (unpaired) electrons. The van der Waals surface area contributed by atoms with E-state index in [9.17, 15) is 0 Å². The summed E-state index contributed by atoms with van der Waals surface area (Å²) in [6.07, 6.45) is 22.1. The minimum atomic E-state index is 0. The van der Waals surface area contributed by atoms with E-state index in [4.69, 9.17) is 44.7 Å². The van der Waals surface area contributed by atoms with E-state index in [1.54, 1.807) is 0 Å². The molecule has 0 amide bonds. The van der Waals surface area contributed by atoms with Crippen LogP contribution in [0.2, 0.25) is 0 Å². The number of nitrogens with zero attached hydrogens (tertiary/aromatic N) is 2. The predicted octanol–water partition coefficient (Wildman–Crippen LogP) is 8.98. The standard InChI is InChI=1S/2C12H21NOS.2C5H10.2Fe.Zn/c2*1-12(2,3)10-7-14-11(13-10)8-5-4-6-9(8)15;2*1-2-4-5-3-1;;;/h2*8-10,15H,4-7H2,1-3H3;2*1-5H2;;;/q;;;;3*+2/p-2/t2*8?,9?,10-;;;;;/m11...../s1. The van der Waals surface area contributed by atoms with Crippen LogP contribution in [0.3, 0.4) is 0 Å². The first kappa shape index (κ1) is 44.3. The Morgan fingerprint density at radius 2 is 0.791 bits per heavy atom. The fourth-order valence-corrected chi connectivity index (χ4v) is 7.10. The van der Waals surface area contributed by atoms with Crippen molar-refractivity contribution in [2.45, 2.75) is 167 Å². The SMILES string of the molecule is C1CCCC1.C1CCCC1.CC(C)(C)[C@H]1COC(C2CCCC2[S-])=N1.CC(C)(C)[C@H]1COC(C2CCCC2[S-])=N1.[Fe+2].[Fe+2].[Zn+2]. The van der Waals surface area contributed by atoms with Crippen molar-refractivity contribution in [3.8, 4) is 0 Å². The molecule has 4 nitrogen and oxygen atoms in total. The summed E-state index contributed by atoms with van der Waals surface area (Å²) in [5, 5.41) is 0.699. The molecule has 4 saturated carbocycles. The van der Waals surface area contributed by atoms with Crippen molar-refractivity contribution >= 4 is 37.1 Å². The van der Waals surface area contributed by atoms with Crippen LogP contribution in [0.1, 0.15) is 144 Å². The summed E-state index contributed by atoms with van der Waals surface area (Å²) in [5.74, 6) is 2.75. The first-order valence-corrected chi connectivity index (χ1v) is 17.6. The predicted molar refractivity (Wildman–Crippen MR) is 176 cm³/mol. The summed E-state index contributed by atoms with van der Waals surface area (Å²) >= 11 is 10.9. The first-order chi connectivity index (χ1) is 19.0. The molecule has 244 valence electrons. The van der Waals surface area contributed by atoms with Gasteiger partial charge in [0.1, 0.15) is 13.2 Å². The summed E-state index contributed by atoms with van der Waals surface area (Å²) in [7, 11) is 0. The second kappa shape index (κ2) is 22.0. The number of rotatable bonds is 2. The van der Waals surface area contributed by atoms with Crippen molar-refractivity contribution in [3.63, 3.8) is 0 Å². The van der Waals surface area contributed by atoms with Gasteiger partial charge in [0.05, 0.1) is 12.1 Å². The summed E-state index contributed by atoms with van der Waals surface area (Å²) in [6, 6.07) is 0.630. The van der Waals surface area contributed by atoms with Gasteiger partial charge in [-0.3, -0.25) is 0 Å². The van der Waals surface area contributed by atoms with E-state index in [0.29, 0.717) is 34.4 Å². The third kappa shape index (κ3) is 15.4. The maximum atomic E-state index is 5.73. The smallest absolute Gasteiger partial charge is 0.788 e. The fourth-order valence-electron chi connectivity index (χ4n) is 6.26. The summed E-state index contributed by atoms with van der Waals surface area (Å²) < 4.78 is 11.5. The second-order valence-electron chi connectivity index (χ2n) is 15.0. The number of hydrogen-bond donors (Lipinski definition) is 0. The molecule has 0 spiro atoms. The number of hydrogen-bond acceptors (Lipinski definition) is 6. The Bertz CT molecular complexity index is 730. The van der Waals surface area contributed by atoms with Crippen LogP contribution < -0.4 is 0 Å². The van der Waals surface area contributed by atoms with Crippen LogP contribution in [0, 0.1) is 22.7 Å². The van der Waals surface area contributed by atoms with Gasteiger partial charge >= 0.3 is 53.6 Å². The van der Waals surface area contributed by atoms with E-state index in [-0.39, 0.29) is 64.4 Å². The molecule has 0 aromatic carbocycles. The van der Waals surface area contributed by atoms with E-state index in [2.05, 4.69) is 41.5 Å². The molecular weight excluding hydrogens is 710 g/mol. The zero-order valence-electron chi connectivity index (χ0n) is 28.1. The molecule has 0 bridgehead atoms. The van der Waals surface area contributed by atoms with Gasteiger partial charge in [0.15, 0.2) is 11.8 Å². The van der Waals surface area contributed by atoms with Gasteiger partial charge in [-0.15, -0.1) is 0 Å². The van der Waals surface area contributed by atoms with Gasteiger partial charge in [0, 0.05) is 11.8 Å². The Balaban J connectivity index is 0.000000591. The normalized spacial score (nSPS) is 31.1. The van der Waals surface area contributed by atoms with Crippen LogP contribution in [0.25, 0.3) is 0 Å². The van der Waals surface area contributed by atoms with Gasteiger partial charge < -0.3 is 34.7 Å². The molecule has 4 fully saturated rings. The van der Waals surface area contributed by atoms with Crippen LogP contribution in [0.15, 0.2) is 9.98 Å². The van der Waals surface area contributed by atoms with Crippen molar-refractivity contribution in [2.75, 3.05) is 13.2 Å². The van der Waals surface area contributed by atoms with Crippen molar-refractivity contribution in [2.24, 2.45) is 32.7 Å². The topological polar surface area (TPSA) is 43.2 Å². The van der Waals surface area contributed by atoms with Crippen LogP contribution in [-0.4, -0.2) is 47.6 Å². The molecule has 0 aromatic heterocycles. The van der Waals surface area contributed by atoms with Gasteiger partial charge in [-0.1, -0.05) is 131 Å². The van der Waals surface area contributed by atoms with Crippen LogP contribution in [0.4, 0.5) is 0 Å². The van der Waals surface area contributed by atoms with Crippen LogP contribution in [-0.2, 0) is 88.3 Å². The Hall–Kier alpha value is 1.30. The Morgan fingerprint density at radius 3 is 0.977 bits per heavy atom. The van der Waals surface area contributed by atoms with E-state index in [1.807, 2.05) is 0 Å². The van der Waals surface area contributed by atoms with E-state index < -0.39 is 0 Å². The third-order valence-corrected chi connectivity index (χ3v) is 10.5. The summed E-state index contributed by atoms with van der Waals surface area (Å²) in [6.45, 7) is 14.8. The second-order valence-corrected chi connectivity index (χ2v) is 16.2. The van der Waals surface area contributed by atoms with Gasteiger partial charge in [-0.2, -0.15) is 10.5 Å². The van der Waals surface area contributed by atoms with Gasteiger partial charge in [-0.05, 0) is 23.7 Å². The van der Waals surface area contributed by atoms with Gasteiger partial charge in [0.2, 0.25) is 0 Å². The Labute approximate surface area is 310 Å². The molecule has 0 aromatic rings. The number of ether oxygens (including phenoxy) is 2. The van der Waals surface area contributed by atoms with E-state index in [0.717, 1.165) is 37.9 Å². The molecular formula is C34H60Fe2N2O2S2Zn+4. The molecule has 4 unspecified atom stereocenters. The Morgan fingerprint density at radius 1 is 0.512 bits per heavy atom. The van der Waals surface area contributed by atoms with E-state index >= 15 is 0 Å². The fraction of sp³-hybridized carbons (Fsp3) is 0.941. The molecule has 6 atom stereocenters. The zero-order chi connectivity index (χ0) is 29.2. The molecule has 43 heavy (non-hydrogen) atoms. The molecule has 2 aliphatic heterocycles. The minimum Gasteiger partial charge on any atom is -0.788 e. The van der Waals surface area contributed by atoms with Crippen molar-refractivity contribution in [1.29, 1.82) is 0 Å². The molecule has 0 saturated heterocycles. The summed E-state index contributed by atoms with van der Waals surface area (Å²) in [4.78, 5) is 9.44.